The van der Waals surface area contributed by atoms with Gasteiger partial charge in [-0.2, -0.15) is 0 Å². The van der Waals surface area contributed by atoms with Gasteiger partial charge < -0.3 is 39.4 Å². The summed E-state index contributed by atoms with van der Waals surface area (Å²) in [6, 6.07) is 0. The third-order valence-electron chi connectivity index (χ3n) is 10.6. The number of allylic oxidation sites excluding steroid dienone is 18. The maximum atomic E-state index is 12.8. The maximum absolute atomic E-state index is 12.8. The van der Waals surface area contributed by atoms with Gasteiger partial charge in [-0.05, 0) is 96.3 Å². The average molecular weight is 923 g/mol. The Kier molecular flexibility index (Phi) is 39.4. The summed E-state index contributed by atoms with van der Waals surface area (Å²) in [5, 5.41) is 39.9. The number of carbonyl (C=O) groups is 3. The molecule has 0 spiro atoms. The Labute approximate surface area is 397 Å². The molecule has 6 unspecified atom stereocenters. The van der Waals surface area contributed by atoms with Gasteiger partial charge in [0.25, 0.3) is 0 Å². The van der Waals surface area contributed by atoms with Crippen molar-refractivity contribution in [2.45, 2.75) is 205 Å². The molecular formula is C55H86O11. The second-order valence-corrected chi connectivity index (χ2v) is 16.5. The number of hydrogen-bond donors (Lipinski definition) is 4. The summed E-state index contributed by atoms with van der Waals surface area (Å²) in [5.41, 5.74) is 0. The lowest BCUT2D eigenvalue weighted by Crippen LogP contribution is -2.60. The Morgan fingerprint density at radius 2 is 0.848 bits per heavy atom. The molecule has 0 radical (unpaired) electrons. The zero-order valence-electron chi connectivity index (χ0n) is 40.4. The van der Waals surface area contributed by atoms with Crippen molar-refractivity contribution in [1.29, 1.82) is 0 Å². The molecule has 0 saturated carbocycles. The number of hydrogen-bond acceptors (Lipinski definition) is 10. The van der Waals surface area contributed by atoms with Crippen molar-refractivity contribution in [2.75, 3.05) is 13.2 Å². The summed E-state index contributed by atoms with van der Waals surface area (Å²) < 4.78 is 21.8. The minimum absolute atomic E-state index is 0.158. The lowest BCUT2D eigenvalue weighted by Gasteiger charge is -2.38. The summed E-state index contributed by atoms with van der Waals surface area (Å²) in [4.78, 5) is 37.0. The van der Waals surface area contributed by atoms with Gasteiger partial charge in [0, 0.05) is 12.8 Å². The molecule has 0 aromatic carbocycles. The molecule has 1 fully saturated rings. The summed E-state index contributed by atoms with van der Waals surface area (Å²) in [6.07, 6.45) is 51.3. The van der Waals surface area contributed by atoms with Gasteiger partial charge in [0.15, 0.2) is 18.5 Å². The zero-order valence-corrected chi connectivity index (χ0v) is 40.4. The SMILES string of the molecule is CC/C=C\C/C=C\C/C=C\C/C=C\C/C=C\CCCCCC(=O)OCC(COC1OC(C(=O)O)C(O)C(O)C1O)OC(=O)CCCCCCCCCC/C=C\C/C=C\C/C=C\C/C=C\CC. The predicted molar refractivity (Wildman–Crippen MR) is 266 cm³/mol. The van der Waals surface area contributed by atoms with Gasteiger partial charge in [-0.15, -0.1) is 0 Å². The monoisotopic (exact) mass is 923 g/mol. The number of esters is 2. The van der Waals surface area contributed by atoms with Gasteiger partial charge in [0.05, 0.1) is 6.61 Å². The van der Waals surface area contributed by atoms with E-state index in [4.69, 9.17) is 18.9 Å². The van der Waals surface area contributed by atoms with E-state index in [-0.39, 0.29) is 19.4 Å². The summed E-state index contributed by atoms with van der Waals surface area (Å²) in [6.45, 7) is 3.55. The number of carbonyl (C=O) groups excluding carboxylic acids is 2. The molecule has 1 saturated heterocycles. The first-order valence-corrected chi connectivity index (χ1v) is 24.9. The Morgan fingerprint density at radius 1 is 0.470 bits per heavy atom. The largest absolute Gasteiger partial charge is 0.479 e. The second kappa shape index (κ2) is 43.4. The van der Waals surface area contributed by atoms with Crippen molar-refractivity contribution < 1.29 is 53.8 Å². The number of aliphatic carboxylic acids is 1. The second-order valence-electron chi connectivity index (χ2n) is 16.5. The van der Waals surface area contributed by atoms with Crippen LogP contribution in [0.25, 0.3) is 0 Å². The molecule has 0 aromatic rings. The number of aliphatic hydroxyl groups excluding tert-OH is 3. The average Bonchev–Trinajstić information content (AvgIpc) is 3.30. The molecule has 1 rings (SSSR count). The fraction of sp³-hybridized carbons (Fsp3) is 0.618. The molecule has 0 bridgehead atoms. The van der Waals surface area contributed by atoms with Crippen LogP contribution in [0.3, 0.4) is 0 Å². The highest BCUT2D eigenvalue weighted by Crippen LogP contribution is 2.23. The lowest BCUT2D eigenvalue weighted by molar-refractivity contribution is -0.298. The first-order chi connectivity index (χ1) is 32.2. The molecule has 11 heteroatoms. The molecular weight excluding hydrogens is 837 g/mol. The van der Waals surface area contributed by atoms with Gasteiger partial charge in [-0.3, -0.25) is 9.59 Å². The number of ether oxygens (including phenoxy) is 4. The number of aliphatic hydroxyl groups is 3. The van der Waals surface area contributed by atoms with Crippen LogP contribution in [0.1, 0.15) is 168 Å². The van der Waals surface area contributed by atoms with E-state index >= 15 is 0 Å². The molecule has 11 nitrogen and oxygen atoms in total. The zero-order chi connectivity index (χ0) is 48.1. The highest BCUT2D eigenvalue weighted by atomic mass is 16.7. The fourth-order valence-corrected chi connectivity index (χ4v) is 6.78. The Morgan fingerprint density at radius 3 is 1.29 bits per heavy atom. The van der Waals surface area contributed by atoms with Gasteiger partial charge in [-0.1, -0.05) is 168 Å². The van der Waals surface area contributed by atoms with E-state index in [1.807, 2.05) is 0 Å². The van der Waals surface area contributed by atoms with E-state index in [9.17, 15) is 34.8 Å². The molecule has 0 aliphatic carbocycles. The summed E-state index contributed by atoms with van der Waals surface area (Å²) in [7, 11) is 0. The van der Waals surface area contributed by atoms with E-state index in [0.29, 0.717) is 12.8 Å². The van der Waals surface area contributed by atoms with E-state index in [1.165, 1.54) is 19.3 Å². The molecule has 66 heavy (non-hydrogen) atoms. The first-order valence-electron chi connectivity index (χ1n) is 24.9. The van der Waals surface area contributed by atoms with E-state index in [1.54, 1.807) is 0 Å². The molecule has 372 valence electrons. The molecule has 1 aliphatic heterocycles. The third-order valence-corrected chi connectivity index (χ3v) is 10.6. The topological polar surface area (TPSA) is 169 Å². The Hall–Kier alpha value is -4.13. The van der Waals surface area contributed by atoms with Crippen LogP contribution in [-0.4, -0.2) is 88.4 Å². The lowest BCUT2D eigenvalue weighted by atomic mass is 9.99. The minimum Gasteiger partial charge on any atom is -0.479 e. The van der Waals surface area contributed by atoms with Crippen LogP contribution < -0.4 is 0 Å². The number of rotatable bonds is 40. The molecule has 0 aromatic heterocycles. The van der Waals surface area contributed by atoms with Crippen LogP contribution in [0, 0.1) is 0 Å². The van der Waals surface area contributed by atoms with Crippen LogP contribution in [-0.2, 0) is 33.3 Å². The maximum Gasteiger partial charge on any atom is 0.335 e. The van der Waals surface area contributed by atoms with Gasteiger partial charge >= 0.3 is 17.9 Å². The number of carboxylic acid groups (broad SMARTS) is 1. The predicted octanol–water partition coefficient (Wildman–Crippen LogP) is 11.8. The number of carboxylic acids is 1. The van der Waals surface area contributed by atoms with Crippen molar-refractivity contribution in [2.24, 2.45) is 0 Å². The van der Waals surface area contributed by atoms with Gasteiger partial charge in [-0.25, -0.2) is 4.79 Å². The van der Waals surface area contributed by atoms with E-state index in [0.717, 1.165) is 109 Å². The summed E-state index contributed by atoms with van der Waals surface area (Å²) in [5.74, 6) is -2.51. The highest BCUT2D eigenvalue weighted by Gasteiger charge is 2.47. The smallest absolute Gasteiger partial charge is 0.335 e. The first kappa shape index (κ1) is 59.9. The summed E-state index contributed by atoms with van der Waals surface area (Å²) >= 11 is 0. The van der Waals surface area contributed by atoms with Crippen LogP contribution in [0.4, 0.5) is 0 Å². The Balaban J connectivity index is 2.36. The molecule has 0 amide bonds. The van der Waals surface area contributed by atoms with Crippen molar-refractivity contribution in [3.05, 3.63) is 109 Å². The standard InChI is InChI=1S/C55H86O11/c1-3-5-7-9-11-13-15-17-19-21-23-24-26-28-30-32-34-36-38-40-42-44-49(57)65-47(46-64-55-52(60)50(58)51(59)53(66-55)54(61)62)45-63-48(56)43-41-39-37-35-33-31-29-27-25-22-20-18-16-14-12-10-8-6-4-2/h5-8,11-14,17-20,23-25,27,31,33,47,50-53,55,58-60H,3-4,9-10,15-16,21-22,26,28-30,32,34-46H2,1-2H3,(H,61,62)/b7-5-,8-6-,13-11-,14-12-,19-17-,20-18-,24-23-,27-25-,33-31-. The quantitative estimate of drug-likeness (QED) is 0.0262. The molecule has 1 aliphatic rings. The van der Waals surface area contributed by atoms with Gasteiger partial charge in [0.2, 0.25) is 0 Å². The van der Waals surface area contributed by atoms with Crippen molar-refractivity contribution in [3.8, 4) is 0 Å². The third kappa shape index (κ3) is 34.2. The molecule has 1 heterocycles. The molecule has 4 N–H and O–H groups in total. The van der Waals surface area contributed by atoms with Gasteiger partial charge in [0.1, 0.15) is 24.9 Å². The van der Waals surface area contributed by atoms with Crippen LogP contribution in [0.5, 0.6) is 0 Å². The fourth-order valence-electron chi connectivity index (χ4n) is 6.78. The van der Waals surface area contributed by atoms with E-state index < -0.39 is 61.3 Å². The van der Waals surface area contributed by atoms with Crippen LogP contribution in [0.2, 0.25) is 0 Å². The highest BCUT2D eigenvalue weighted by molar-refractivity contribution is 5.73. The van der Waals surface area contributed by atoms with Crippen molar-refractivity contribution in [1.82, 2.24) is 0 Å². The minimum atomic E-state index is -1.87. The molecule has 6 atom stereocenters. The van der Waals surface area contributed by atoms with Crippen LogP contribution >= 0.6 is 0 Å². The van der Waals surface area contributed by atoms with Crippen molar-refractivity contribution in [3.63, 3.8) is 0 Å². The Bertz CT molecular complexity index is 1500. The number of unbranched alkanes of at least 4 members (excludes halogenated alkanes) is 11. The van der Waals surface area contributed by atoms with Crippen LogP contribution in [0.15, 0.2) is 109 Å². The van der Waals surface area contributed by atoms with Crippen molar-refractivity contribution >= 4 is 17.9 Å². The normalized spacial score (nSPS) is 20.0. The van der Waals surface area contributed by atoms with E-state index in [2.05, 4.69) is 123 Å².